The van der Waals surface area contributed by atoms with Gasteiger partial charge in [0.2, 0.25) is 0 Å². The summed E-state index contributed by atoms with van der Waals surface area (Å²) in [5.41, 5.74) is 7.03. The highest BCUT2D eigenvalue weighted by Crippen LogP contribution is 2.18. The van der Waals surface area contributed by atoms with E-state index < -0.39 is 0 Å². The summed E-state index contributed by atoms with van der Waals surface area (Å²) in [5, 5.41) is 0. The van der Waals surface area contributed by atoms with Gasteiger partial charge in [-0.3, -0.25) is 21.2 Å². The number of pyridine rings is 2. The standard InChI is InChI=1S/C14H18N4/c1-10-7-12(8-11(2)17-10)14(18-15)9-13-5-3-4-6-16-13/h3-8,14,18H,9,15H2,1-2H3. The monoisotopic (exact) mass is 242 g/mol. The third-order valence-corrected chi connectivity index (χ3v) is 2.85. The largest absolute Gasteiger partial charge is 0.271 e. The van der Waals surface area contributed by atoms with Gasteiger partial charge in [0.1, 0.15) is 0 Å². The van der Waals surface area contributed by atoms with Crippen molar-refractivity contribution >= 4 is 0 Å². The second kappa shape index (κ2) is 5.71. The molecule has 2 heterocycles. The van der Waals surface area contributed by atoms with Crippen molar-refractivity contribution in [3.8, 4) is 0 Å². The normalized spacial score (nSPS) is 12.4. The SMILES string of the molecule is Cc1cc(C(Cc2ccccn2)NN)cc(C)n1. The van der Waals surface area contributed by atoms with Crippen LogP contribution in [0.1, 0.15) is 28.7 Å². The van der Waals surface area contributed by atoms with Crippen LogP contribution in [-0.2, 0) is 6.42 Å². The molecule has 18 heavy (non-hydrogen) atoms. The minimum Gasteiger partial charge on any atom is -0.271 e. The Morgan fingerprint density at radius 3 is 2.50 bits per heavy atom. The Morgan fingerprint density at radius 2 is 1.94 bits per heavy atom. The Bertz CT molecular complexity index is 490. The van der Waals surface area contributed by atoms with Crippen LogP contribution in [0.4, 0.5) is 0 Å². The Balaban J connectivity index is 2.23. The fraction of sp³-hybridized carbons (Fsp3) is 0.286. The maximum absolute atomic E-state index is 5.65. The molecule has 0 saturated heterocycles. The Labute approximate surface area is 107 Å². The lowest BCUT2D eigenvalue weighted by Gasteiger charge is -2.17. The average molecular weight is 242 g/mol. The van der Waals surface area contributed by atoms with Gasteiger partial charge in [-0.2, -0.15) is 0 Å². The number of nitrogens with two attached hydrogens (primary N) is 1. The number of aromatic nitrogens is 2. The van der Waals surface area contributed by atoms with E-state index in [2.05, 4.69) is 27.5 Å². The van der Waals surface area contributed by atoms with Gasteiger partial charge in [0.25, 0.3) is 0 Å². The van der Waals surface area contributed by atoms with Crippen molar-refractivity contribution in [3.05, 3.63) is 59.2 Å². The lowest BCUT2D eigenvalue weighted by Crippen LogP contribution is -2.30. The lowest BCUT2D eigenvalue weighted by molar-refractivity contribution is 0.544. The molecule has 0 saturated carbocycles. The zero-order valence-electron chi connectivity index (χ0n) is 10.7. The number of hydrogen-bond acceptors (Lipinski definition) is 4. The van der Waals surface area contributed by atoms with E-state index in [9.17, 15) is 0 Å². The van der Waals surface area contributed by atoms with Crippen molar-refractivity contribution in [2.45, 2.75) is 26.3 Å². The average Bonchev–Trinajstić information content (AvgIpc) is 2.36. The van der Waals surface area contributed by atoms with Gasteiger partial charge >= 0.3 is 0 Å². The number of aryl methyl sites for hydroxylation is 2. The first kappa shape index (κ1) is 12.7. The van der Waals surface area contributed by atoms with E-state index in [1.807, 2.05) is 32.0 Å². The third-order valence-electron chi connectivity index (χ3n) is 2.85. The van der Waals surface area contributed by atoms with Gasteiger partial charge in [-0.25, -0.2) is 0 Å². The van der Waals surface area contributed by atoms with E-state index in [-0.39, 0.29) is 6.04 Å². The zero-order valence-corrected chi connectivity index (χ0v) is 10.7. The van der Waals surface area contributed by atoms with Crippen molar-refractivity contribution in [1.82, 2.24) is 15.4 Å². The molecule has 0 radical (unpaired) electrons. The fourth-order valence-corrected chi connectivity index (χ4v) is 2.07. The number of hydrazine groups is 1. The van der Waals surface area contributed by atoms with Crippen molar-refractivity contribution in [2.24, 2.45) is 5.84 Å². The summed E-state index contributed by atoms with van der Waals surface area (Å²) >= 11 is 0. The number of rotatable bonds is 4. The van der Waals surface area contributed by atoms with Crippen LogP contribution in [0.25, 0.3) is 0 Å². The van der Waals surface area contributed by atoms with E-state index in [0.717, 1.165) is 29.1 Å². The predicted octanol–water partition coefficient (Wildman–Crippen LogP) is 1.84. The second-order valence-electron chi connectivity index (χ2n) is 4.43. The predicted molar refractivity (Wildman–Crippen MR) is 71.7 cm³/mol. The van der Waals surface area contributed by atoms with Gasteiger partial charge in [0.05, 0.1) is 6.04 Å². The molecule has 3 N–H and O–H groups in total. The molecule has 2 aromatic heterocycles. The molecule has 0 aliphatic carbocycles. The third kappa shape index (κ3) is 3.12. The van der Waals surface area contributed by atoms with Crippen LogP contribution in [0.5, 0.6) is 0 Å². The maximum atomic E-state index is 5.65. The molecule has 1 atom stereocenters. The zero-order chi connectivity index (χ0) is 13.0. The Hall–Kier alpha value is -1.78. The lowest BCUT2D eigenvalue weighted by atomic mass is 10.0. The molecular weight excluding hydrogens is 224 g/mol. The quantitative estimate of drug-likeness (QED) is 0.634. The summed E-state index contributed by atoms with van der Waals surface area (Å²) < 4.78 is 0. The molecule has 0 fully saturated rings. The molecule has 0 aromatic carbocycles. The topological polar surface area (TPSA) is 63.8 Å². The highest BCUT2D eigenvalue weighted by atomic mass is 15.2. The van der Waals surface area contributed by atoms with Crippen molar-refractivity contribution in [2.75, 3.05) is 0 Å². The minimum atomic E-state index is 0.0558. The van der Waals surface area contributed by atoms with Gasteiger partial charge < -0.3 is 0 Å². The summed E-state index contributed by atoms with van der Waals surface area (Å²) in [6, 6.07) is 10.1. The molecule has 0 spiro atoms. The fourth-order valence-electron chi connectivity index (χ4n) is 2.07. The maximum Gasteiger partial charge on any atom is 0.0516 e. The Morgan fingerprint density at radius 1 is 1.22 bits per heavy atom. The summed E-state index contributed by atoms with van der Waals surface area (Å²) in [6.45, 7) is 3.98. The summed E-state index contributed by atoms with van der Waals surface area (Å²) in [6.07, 6.45) is 2.56. The molecule has 0 aliphatic rings. The smallest absolute Gasteiger partial charge is 0.0516 e. The highest BCUT2D eigenvalue weighted by Gasteiger charge is 2.12. The van der Waals surface area contributed by atoms with Gasteiger partial charge in [0.15, 0.2) is 0 Å². The first-order valence-electron chi connectivity index (χ1n) is 6.00. The van der Waals surface area contributed by atoms with E-state index >= 15 is 0 Å². The van der Waals surface area contributed by atoms with Gasteiger partial charge in [0, 0.05) is 29.7 Å². The molecule has 0 bridgehead atoms. The van der Waals surface area contributed by atoms with Crippen molar-refractivity contribution < 1.29 is 0 Å². The molecule has 0 amide bonds. The minimum absolute atomic E-state index is 0.0558. The van der Waals surface area contributed by atoms with Crippen LogP contribution in [0.15, 0.2) is 36.5 Å². The van der Waals surface area contributed by atoms with Crippen LogP contribution in [0.2, 0.25) is 0 Å². The van der Waals surface area contributed by atoms with Crippen LogP contribution >= 0.6 is 0 Å². The van der Waals surface area contributed by atoms with Crippen molar-refractivity contribution in [1.29, 1.82) is 0 Å². The van der Waals surface area contributed by atoms with E-state index in [1.165, 1.54) is 0 Å². The second-order valence-corrected chi connectivity index (χ2v) is 4.43. The van der Waals surface area contributed by atoms with Crippen LogP contribution in [0, 0.1) is 13.8 Å². The number of nitrogens with one attached hydrogen (secondary N) is 1. The highest BCUT2D eigenvalue weighted by molar-refractivity contribution is 5.25. The molecule has 0 aliphatic heterocycles. The van der Waals surface area contributed by atoms with Crippen LogP contribution in [0.3, 0.4) is 0 Å². The van der Waals surface area contributed by atoms with Crippen molar-refractivity contribution in [3.63, 3.8) is 0 Å². The van der Waals surface area contributed by atoms with Gasteiger partial charge in [-0.15, -0.1) is 0 Å². The van der Waals surface area contributed by atoms with Crippen LogP contribution < -0.4 is 11.3 Å². The summed E-state index contributed by atoms with van der Waals surface area (Å²) in [4.78, 5) is 8.70. The molecule has 2 aromatic rings. The first-order chi connectivity index (χ1) is 8.69. The molecule has 1 unspecified atom stereocenters. The van der Waals surface area contributed by atoms with Crippen LogP contribution in [-0.4, -0.2) is 9.97 Å². The van der Waals surface area contributed by atoms with Gasteiger partial charge in [-0.1, -0.05) is 6.07 Å². The molecular formula is C14H18N4. The molecule has 4 heteroatoms. The van der Waals surface area contributed by atoms with E-state index in [4.69, 9.17) is 5.84 Å². The number of hydrogen-bond donors (Lipinski definition) is 2. The molecule has 4 nitrogen and oxygen atoms in total. The molecule has 94 valence electrons. The van der Waals surface area contributed by atoms with E-state index in [1.54, 1.807) is 6.20 Å². The summed E-state index contributed by atoms with van der Waals surface area (Å²) in [7, 11) is 0. The summed E-state index contributed by atoms with van der Waals surface area (Å²) in [5.74, 6) is 5.65. The Kier molecular flexibility index (Phi) is 4.02. The number of nitrogens with zero attached hydrogens (tertiary/aromatic N) is 2. The molecule has 2 rings (SSSR count). The van der Waals surface area contributed by atoms with Gasteiger partial charge in [-0.05, 0) is 43.7 Å². The first-order valence-corrected chi connectivity index (χ1v) is 6.00. The van der Waals surface area contributed by atoms with E-state index in [0.29, 0.717) is 0 Å².